The van der Waals surface area contributed by atoms with Crippen molar-refractivity contribution in [1.82, 2.24) is 5.43 Å². The van der Waals surface area contributed by atoms with Crippen molar-refractivity contribution in [2.24, 2.45) is 5.10 Å². The van der Waals surface area contributed by atoms with Crippen LogP contribution in [0.15, 0.2) is 82.3 Å². The molecule has 0 saturated carbocycles. The van der Waals surface area contributed by atoms with Crippen molar-refractivity contribution in [2.45, 2.75) is 6.61 Å². The number of aromatic carboxylic acids is 1. The minimum Gasteiger partial charge on any atom is -0.493 e. The van der Waals surface area contributed by atoms with Crippen LogP contribution in [0.1, 0.15) is 32.2 Å². The standard InChI is InChI=1S/C25H20N2O6/c1-31-23-13-16(9-11-21(23)32-15-18-10-12-22(33-18)25(29)30)14-26-27-24(28)20-8-4-6-17-5-2-3-7-19(17)20/h2-14H,15H2,1H3,(H,27,28)(H,29,30)/b26-14-. The van der Waals surface area contributed by atoms with Crippen LogP contribution in [0.3, 0.4) is 0 Å². The normalized spacial score (nSPS) is 10.9. The lowest BCUT2D eigenvalue weighted by molar-refractivity contribution is 0.0657. The highest BCUT2D eigenvalue weighted by Gasteiger charge is 2.12. The molecule has 4 rings (SSSR count). The highest BCUT2D eigenvalue weighted by Crippen LogP contribution is 2.28. The lowest BCUT2D eigenvalue weighted by Crippen LogP contribution is -2.17. The van der Waals surface area contributed by atoms with Crippen LogP contribution in [0.4, 0.5) is 0 Å². The van der Waals surface area contributed by atoms with Gasteiger partial charge in [0.15, 0.2) is 11.5 Å². The number of ether oxygens (including phenoxy) is 2. The zero-order valence-corrected chi connectivity index (χ0v) is 17.6. The molecule has 4 aromatic rings. The summed E-state index contributed by atoms with van der Waals surface area (Å²) in [7, 11) is 1.50. The first-order valence-electron chi connectivity index (χ1n) is 9.99. The van der Waals surface area contributed by atoms with Crippen LogP contribution in [0.25, 0.3) is 10.8 Å². The van der Waals surface area contributed by atoms with E-state index >= 15 is 0 Å². The Morgan fingerprint density at radius 1 is 1.03 bits per heavy atom. The first kappa shape index (κ1) is 21.6. The summed E-state index contributed by atoms with van der Waals surface area (Å²) in [6.07, 6.45) is 1.50. The molecular weight excluding hydrogens is 424 g/mol. The summed E-state index contributed by atoms with van der Waals surface area (Å²) in [4.78, 5) is 23.5. The van der Waals surface area contributed by atoms with Crippen molar-refractivity contribution in [3.63, 3.8) is 0 Å². The maximum Gasteiger partial charge on any atom is 0.371 e. The Morgan fingerprint density at radius 2 is 1.85 bits per heavy atom. The first-order chi connectivity index (χ1) is 16.0. The van der Waals surface area contributed by atoms with Gasteiger partial charge in [0.1, 0.15) is 12.4 Å². The number of nitrogens with one attached hydrogen (secondary N) is 1. The molecule has 0 radical (unpaired) electrons. The van der Waals surface area contributed by atoms with Gasteiger partial charge in [0, 0.05) is 5.56 Å². The third-order valence-electron chi connectivity index (χ3n) is 4.84. The van der Waals surface area contributed by atoms with Crippen LogP contribution in [0.2, 0.25) is 0 Å². The average Bonchev–Trinajstić information content (AvgIpc) is 3.32. The Kier molecular flexibility index (Phi) is 6.36. The summed E-state index contributed by atoms with van der Waals surface area (Å²) in [6.45, 7) is 0.0398. The number of methoxy groups -OCH3 is 1. The lowest BCUT2D eigenvalue weighted by Gasteiger charge is -2.10. The second-order valence-electron chi connectivity index (χ2n) is 7.00. The summed E-state index contributed by atoms with van der Waals surface area (Å²) in [5.41, 5.74) is 3.77. The van der Waals surface area contributed by atoms with Gasteiger partial charge in [0.2, 0.25) is 5.76 Å². The number of carboxylic acids is 1. The van der Waals surface area contributed by atoms with E-state index in [2.05, 4.69) is 10.5 Å². The minimum atomic E-state index is -1.14. The van der Waals surface area contributed by atoms with Gasteiger partial charge in [-0.1, -0.05) is 36.4 Å². The number of hydrogen-bond acceptors (Lipinski definition) is 6. The van der Waals surface area contributed by atoms with Crippen LogP contribution < -0.4 is 14.9 Å². The SMILES string of the molecule is COc1cc(/C=N\NC(=O)c2cccc3ccccc23)ccc1OCc1ccc(C(=O)O)o1. The zero-order valence-electron chi connectivity index (χ0n) is 17.6. The number of fused-ring (bicyclic) bond motifs is 1. The van der Waals surface area contributed by atoms with E-state index in [0.717, 1.165) is 10.8 Å². The molecule has 3 aromatic carbocycles. The molecule has 0 saturated heterocycles. The van der Waals surface area contributed by atoms with Gasteiger partial charge in [0.05, 0.1) is 13.3 Å². The average molecular weight is 444 g/mol. The van der Waals surface area contributed by atoms with Gasteiger partial charge in [-0.2, -0.15) is 5.10 Å². The van der Waals surface area contributed by atoms with Gasteiger partial charge >= 0.3 is 5.97 Å². The van der Waals surface area contributed by atoms with E-state index in [4.69, 9.17) is 19.0 Å². The fraction of sp³-hybridized carbons (Fsp3) is 0.0800. The number of benzene rings is 3. The number of amides is 1. The van der Waals surface area contributed by atoms with E-state index in [1.807, 2.05) is 36.4 Å². The summed E-state index contributed by atoms with van der Waals surface area (Å²) in [5, 5.41) is 14.8. The number of carboxylic acid groups (broad SMARTS) is 1. The molecule has 1 amide bonds. The molecule has 166 valence electrons. The van der Waals surface area contributed by atoms with Crippen LogP contribution in [-0.2, 0) is 6.61 Å². The van der Waals surface area contributed by atoms with Crippen molar-refractivity contribution in [3.05, 3.63) is 95.4 Å². The smallest absolute Gasteiger partial charge is 0.371 e. The van der Waals surface area contributed by atoms with Gasteiger partial charge in [0.25, 0.3) is 5.91 Å². The fourth-order valence-corrected chi connectivity index (χ4v) is 3.25. The van der Waals surface area contributed by atoms with Crippen LogP contribution in [0.5, 0.6) is 11.5 Å². The van der Waals surface area contributed by atoms with Crippen LogP contribution in [0, 0.1) is 0 Å². The highest BCUT2D eigenvalue weighted by molar-refractivity contribution is 6.07. The summed E-state index contributed by atoms with van der Waals surface area (Å²) in [5.74, 6) is -0.342. The van der Waals surface area contributed by atoms with Gasteiger partial charge in [-0.3, -0.25) is 4.79 Å². The zero-order chi connectivity index (χ0) is 23.2. The number of hydrogen-bond donors (Lipinski definition) is 2. The quantitative estimate of drug-likeness (QED) is 0.306. The molecule has 1 heterocycles. The molecule has 0 unspecified atom stereocenters. The molecule has 0 bridgehead atoms. The predicted molar refractivity (Wildman–Crippen MR) is 122 cm³/mol. The number of furan rings is 1. The first-order valence-corrected chi connectivity index (χ1v) is 9.99. The lowest BCUT2D eigenvalue weighted by atomic mass is 10.0. The van der Waals surface area contributed by atoms with E-state index < -0.39 is 5.97 Å². The van der Waals surface area contributed by atoms with E-state index in [-0.39, 0.29) is 18.3 Å². The molecular formula is C25H20N2O6. The van der Waals surface area contributed by atoms with E-state index in [9.17, 15) is 9.59 Å². The van der Waals surface area contributed by atoms with Crippen molar-refractivity contribution in [2.75, 3.05) is 7.11 Å². The summed E-state index contributed by atoms with van der Waals surface area (Å²) >= 11 is 0. The highest BCUT2D eigenvalue weighted by atomic mass is 16.5. The molecule has 8 nitrogen and oxygen atoms in total. The number of carbonyl (C=O) groups is 2. The molecule has 33 heavy (non-hydrogen) atoms. The Hall–Kier alpha value is -4.59. The minimum absolute atomic E-state index is 0.0398. The number of rotatable bonds is 8. The molecule has 8 heteroatoms. The summed E-state index contributed by atoms with van der Waals surface area (Å²) in [6, 6.07) is 21.2. The maximum atomic E-state index is 12.6. The predicted octanol–water partition coefficient (Wildman–Crippen LogP) is 4.48. The largest absolute Gasteiger partial charge is 0.493 e. The molecule has 1 aromatic heterocycles. The molecule has 0 spiro atoms. The van der Waals surface area contributed by atoms with E-state index in [0.29, 0.717) is 28.4 Å². The van der Waals surface area contributed by atoms with Gasteiger partial charge < -0.3 is 19.0 Å². The van der Waals surface area contributed by atoms with E-state index in [1.54, 1.807) is 24.3 Å². The Morgan fingerprint density at radius 3 is 2.64 bits per heavy atom. The van der Waals surface area contributed by atoms with Crippen LogP contribution in [-0.4, -0.2) is 30.3 Å². The van der Waals surface area contributed by atoms with Crippen molar-refractivity contribution in [3.8, 4) is 11.5 Å². The Balaban J connectivity index is 1.41. The second-order valence-corrected chi connectivity index (χ2v) is 7.00. The van der Waals surface area contributed by atoms with Gasteiger partial charge in [-0.15, -0.1) is 0 Å². The topological polar surface area (TPSA) is 110 Å². The second kappa shape index (κ2) is 9.69. The molecule has 2 N–H and O–H groups in total. The molecule has 0 aliphatic carbocycles. The van der Waals surface area contributed by atoms with Gasteiger partial charge in [-0.05, 0) is 52.7 Å². The number of hydrazone groups is 1. The van der Waals surface area contributed by atoms with Crippen molar-refractivity contribution < 1.29 is 28.6 Å². The fourth-order valence-electron chi connectivity index (χ4n) is 3.25. The van der Waals surface area contributed by atoms with Crippen molar-refractivity contribution >= 4 is 28.9 Å². The molecule has 0 atom stereocenters. The monoisotopic (exact) mass is 444 g/mol. The van der Waals surface area contributed by atoms with E-state index in [1.165, 1.54) is 25.5 Å². The number of carbonyl (C=O) groups excluding carboxylic acids is 1. The Bertz CT molecular complexity index is 1340. The summed E-state index contributed by atoms with van der Waals surface area (Å²) < 4.78 is 16.2. The van der Waals surface area contributed by atoms with Gasteiger partial charge in [-0.25, -0.2) is 10.2 Å². The third kappa shape index (κ3) is 5.01. The molecule has 0 aliphatic heterocycles. The third-order valence-corrected chi connectivity index (χ3v) is 4.84. The van der Waals surface area contributed by atoms with Crippen molar-refractivity contribution in [1.29, 1.82) is 0 Å². The molecule has 0 fully saturated rings. The molecule has 0 aliphatic rings. The van der Waals surface area contributed by atoms with Crippen LogP contribution >= 0.6 is 0 Å². The number of nitrogens with zero attached hydrogens (tertiary/aromatic N) is 1. The maximum absolute atomic E-state index is 12.6. The Labute approximate surface area is 189 Å².